The first-order valence-electron chi connectivity index (χ1n) is 8.51. The summed E-state index contributed by atoms with van der Waals surface area (Å²) in [6, 6.07) is 11.8. The van der Waals surface area contributed by atoms with Crippen molar-refractivity contribution in [1.82, 2.24) is 4.90 Å². The first kappa shape index (κ1) is 18.9. The first-order chi connectivity index (χ1) is 12.9. The standard InChI is InChI=1S/C19H20N2O5S/c1-26-19(23)15-5-4-6-16(13-15)20-27(24,25)17-9-7-14(8-10-17)18(22)21-11-2-3-12-21/h4-10,13,20H,2-3,11-12H2,1H3. The van der Waals surface area contributed by atoms with Gasteiger partial charge in [0.2, 0.25) is 0 Å². The van der Waals surface area contributed by atoms with Crippen LogP contribution in [0.1, 0.15) is 33.6 Å². The lowest BCUT2D eigenvalue weighted by Gasteiger charge is -2.15. The number of sulfonamides is 1. The van der Waals surface area contributed by atoms with Crippen molar-refractivity contribution in [2.24, 2.45) is 0 Å². The van der Waals surface area contributed by atoms with Gasteiger partial charge in [-0.2, -0.15) is 0 Å². The zero-order valence-corrected chi connectivity index (χ0v) is 15.7. The van der Waals surface area contributed by atoms with Gasteiger partial charge in [0, 0.05) is 24.3 Å². The van der Waals surface area contributed by atoms with E-state index in [1.54, 1.807) is 11.0 Å². The fourth-order valence-corrected chi connectivity index (χ4v) is 3.97. The number of methoxy groups -OCH3 is 1. The van der Waals surface area contributed by atoms with Gasteiger partial charge >= 0.3 is 5.97 Å². The average Bonchev–Trinajstić information content (AvgIpc) is 3.21. The summed E-state index contributed by atoms with van der Waals surface area (Å²) in [6.07, 6.45) is 1.99. The number of anilines is 1. The lowest BCUT2D eigenvalue weighted by Crippen LogP contribution is -2.27. The van der Waals surface area contributed by atoms with Crippen molar-refractivity contribution in [3.05, 3.63) is 59.7 Å². The Morgan fingerprint density at radius 1 is 1.00 bits per heavy atom. The number of ether oxygens (including phenoxy) is 1. The molecule has 0 aliphatic carbocycles. The fraction of sp³-hybridized carbons (Fsp3) is 0.263. The van der Waals surface area contributed by atoms with Gasteiger partial charge in [-0.25, -0.2) is 13.2 Å². The zero-order valence-electron chi connectivity index (χ0n) is 14.8. The molecule has 0 radical (unpaired) electrons. The number of nitrogens with one attached hydrogen (secondary N) is 1. The van der Waals surface area contributed by atoms with Crippen LogP contribution in [0.4, 0.5) is 5.69 Å². The minimum atomic E-state index is -3.85. The lowest BCUT2D eigenvalue weighted by atomic mass is 10.2. The molecular formula is C19H20N2O5S. The predicted octanol–water partition coefficient (Wildman–Crippen LogP) is 2.51. The molecule has 2 aromatic rings. The van der Waals surface area contributed by atoms with Gasteiger partial charge in [0.05, 0.1) is 17.6 Å². The Morgan fingerprint density at radius 2 is 1.67 bits per heavy atom. The summed E-state index contributed by atoms with van der Waals surface area (Å²) in [5.41, 5.74) is 0.947. The Kier molecular flexibility index (Phi) is 5.46. The fourth-order valence-electron chi connectivity index (χ4n) is 2.92. The second kappa shape index (κ2) is 7.79. The number of esters is 1. The van der Waals surface area contributed by atoms with Crippen molar-refractivity contribution >= 4 is 27.6 Å². The number of benzene rings is 2. The molecule has 1 heterocycles. The van der Waals surface area contributed by atoms with Crippen LogP contribution in [0, 0.1) is 0 Å². The lowest BCUT2D eigenvalue weighted by molar-refractivity contribution is 0.0600. The van der Waals surface area contributed by atoms with Gasteiger partial charge in [-0.3, -0.25) is 9.52 Å². The Labute approximate surface area is 158 Å². The van der Waals surface area contributed by atoms with Crippen molar-refractivity contribution in [2.75, 3.05) is 24.9 Å². The van der Waals surface area contributed by atoms with E-state index in [1.165, 1.54) is 49.6 Å². The molecule has 1 amide bonds. The van der Waals surface area contributed by atoms with E-state index in [9.17, 15) is 18.0 Å². The molecule has 0 bridgehead atoms. The highest BCUT2D eigenvalue weighted by molar-refractivity contribution is 7.92. The largest absolute Gasteiger partial charge is 0.465 e. The van der Waals surface area contributed by atoms with E-state index in [0.29, 0.717) is 5.56 Å². The predicted molar refractivity (Wildman–Crippen MR) is 100 cm³/mol. The second-order valence-corrected chi connectivity index (χ2v) is 7.88. The molecule has 0 aromatic heterocycles. The maximum absolute atomic E-state index is 12.6. The van der Waals surface area contributed by atoms with E-state index >= 15 is 0 Å². The molecule has 27 heavy (non-hydrogen) atoms. The van der Waals surface area contributed by atoms with Gasteiger partial charge in [-0.1, -0.05) is 6.07 Å². The number of hydrogen-bond acceptors (Lipinski definition) is 5. The Bertz CT molecular complexity index is 948. The van der Waals surface area contributed by atoms with E-state index in [4.69, 9.17) is 0 Å². The monoisotopic (exact) mass is 388 g/mol. The molecular weight excluding hydrogens is 368 g/mol. The van der Waals surface area contributed by atoms with E-state index < -0.39 is 16.0 Å². The molecule has 142 valence electrons. The normalized spacial score (nSPS) is 14.0. The molecule has 0 atom stereocenters. The minimum Gasteiger partial charge on any atom is -0.465 e. The van der Waals surface area contributed by atoms with Crippen molar-refractivity contribution in [1.29, 1.82) is 0 Å². The highest BCUT2D eigenvalue weighted by atomic mass is 32.2. The molecule has 0 unspecified atom stereocenters. The SMILES string of the molecule is COC(=O)c1cccc(NS(=O)(=O)c2ccc(C(=O)N3CCCC3)cc2)c1. The summed E-state index contributed by atoms with van der Waals surface area (Å²) in [5, 5.41) is 0. The van der Waals surface area contributed by atoms with Gasteiger partial charge in [-0.05, 0) is 55.3 Å². The van der Waals surface area contributed by atoms with Crippen LogP contribution in [0.5, 0.6) is 0 Å². The van der Waals surface area contributed by atoms with Gasteiger partial charge in [0.1, 0.15) is 0 Å². The van der Waals surface area contributed by atoms with Crippen molar-refractivity contribution in [3.63, 3.8) is 0 Å². The van der Waals surface area contributed by atoms with E-state index in [0.717, 1.165) is 25.9 Å². The number of rotatable bonds is 5. The number of likely N-dealkylation sites (tertiary alicyclic amines) is 1. The number of hydrogen-bond donors (Lipinski definition) is 1. The van der Waals surface area contributed by atoms with Crippen molar-refractivity contribution < 1.29 is 22.7 Å². The van der Waals surface area contributed by atoms with Gasteiger partial charge in [0.25, 0.3) is 15.9 Å². The highest BCUT2D eigenvalue weighted by Crippen LogP contribution is 2.19. The van der Waals surface area contributed by atoms with E-state index in [1.807, 2.05) is 0 Å². The number of amides is 1. The van der Waals surface area contributed by atoms with Crippen molar-refractivity contribution in [2.45, 2.75) is 17.7 Å². The quantitative estimate of drug-likeness (QED) is 0.795. The molecule has 1 fully saturated rings. The second-order valence-electron chi connectivity index (χ2n) is 6.20. The van der Waals surface area contributed by atoms with Gasteiger partial charge in [-0.15, -0.1) is 0 Å². The maximum atomic E-state index is 12.6. The smallest absolute Gasteiger partial charge is 0.337 e. The number of nitrogens with zero attached hydrogens (tertiary/aromatic N) is 1. The van der Waals surface area contributed by atoms with E-state index in [-0.39, 0.29) is 22.1 Å². The van der Waals surface area contributed by atoms with Crippen LogP contribution in [0.15, 0.2) is 53.4 Å². The molecule has 8 heteroatoms. The van der Waals surface area contributed by atoms with Crippen LogP contribution >= 0.6 is 0 Å². The highest BCUT2D eigenvalue weighted by Gasteiger charge is 2.21. The third-order valence-electron chi connectivity index (χ3n) is 4.34. The molecule has 0 spiro atoms. The average molecular weight is 388 g/mol. The van der Waals surface area contributed by atoms with Gasteiger partial charge < -0.3 is 9.64 Å². The van der Waals surface area contributed by atoms with E-state index in [2.05, 4.69) is 9.46 Å². The Morgan fingerprint density at radius 3 is 2.30 bits per heavy atom. The molecule has 1 saturated heterocycles. The molecule has 3 rings (SSSR count). The number of carbonyl (C=O) groups excluding carboxylic acids is 2. The van der Waals surface area contributed by atoms with Gasteiger partial charge in [0.15, 0.2) is 0 Å². The van der Waals surface area contributed by atoms with Crippen LogP contribution in [0.25, 0.3) is 0 Å². The topological polar surface area (TPSA) is 92.8 Å². The first-order valence-corrected chi connectivity index (χ1v) is 9.99. The molecule has 1 N–H and O–H groups in total. The third kappa shape index (κ3) is 4.28. The Balaban J connectivity index is 1.77. The summed E-state index contributed by atoms with van der Waals surface area (Å²) >= 11 is 0. The van der Waals surface area contributed by atoms with Crippen LogP contribution in [-0.2, 0) is 14.8 Å². The van der Waals surface area contributed by atoms with Crippen molar-refractivity contribution in [3.8, 4) is 0 Å². The molecule has 2 aromatic carbocycles. The summed E-state index contributed by atoms with van der Waals surface area (Å²) in [5.74, 6) is -0.643. The minimum absolute atomic E-state index is 0.0314. The summed E-state index contributed by atoms with van der Waals surface area (Å²) in [7, 11) is -2.60. The number of carbonyl (C=O) groups is 2. The molecule has 1 aliphatic rings. The van der Waals surface area contributed by atoms with Crippen LogP contribution in [0.2, 0.25) is 0 Å². The third-order valence-corrected chi connectivity index (χ3v) is 5.74. The Hall–Kier alpha value is -2.87. The zero-order chi connectivity index (χ0) is 19.4. The van der Waals surface area contributed by atoms with Crippen LogP contribution in [-0.4, -0.2) is 45.4 Å². The molecule has 1 aliphatic heterocycles. The summed E-state index contributed by atoms with van der Waals surface area (Å²) in [4.78, 5) is 25.7. The molecule has 7 nitrogen and oxygen atoms in total. The summed E-state index contributed by atoms with van der Waals surface area (Å²) < 4.78 is 32.2. The maximum Gasteiger partial charge on any atom is 0.337 e. The van der Waals surface area contributed by atoms with Crippen LogP contribution < -0.4 is 4.72 Å². The van der Waals surface area contributed by atoms with Crippen LogP contribution in [0.3, 0.4) is 0 Å². The summed E-state index contributed by atoms with van der Waals surface area (Å²) in [6.45, 7) is 1.47. The molecule has 0 saturated carbocycles.